The number of esters is 2. The van der Waals surface area contributed by atoms with Crippen LogP contribution in [0.3, 0.4) is 0 Å². The number of carbonyl (C=O) groups is 3. The minimum absolute atomic E-state index is 0.106. The summed E-state index contributed by atoms with van der Waals surface area (Å²) in [4.78, 5) is 35.6. The molecule has 110 valence electrons. The molecule has 0 saturated heterocycles. The molecule has 0 bridgehead atoms. The van der Waals surface area contributed by atoms with Crippen molar-refractivity contribution in [3.05, 3.63) is 0 Å². The lowest BCUT2D eigenvalue weighted by atomic mass is 9.85. The first kappa shape index (κ1) is 17.6. The van der Waals surface area contributed by atoms with E-state index >= 15 is 0 Å². The van der Waals surface area contributed by atoms with Crippen molar-refractivity contribution in [1.29, 1.82) is 0 Å². The molecule has 0 aromatic heterocycles. The average molecular weight is 274 g/mol. The fourth-order valence-corrected chi connectivity index (χ4v) is 1.69. The summed E-state index contributed by atoms with van der Waals surface area (Å²) in [5.41, 5.74) is -1.58. The van der Waals surface area contributed by atoms with Gasteiger partial charge in [-0.25, -0.2) is 0 Å². The van der Waals surface area contributed by atoms with Gasteiger partial charge >= 0.3 is 11.9 Å². The molecule has 0 aliphatic rings. The number of Topliss-reactive ketones (excluding diaryl/α,β-unsaturated/α-hetero) is 1. The Labute approximate surface area is 113 Å². The second-order valence-electron chi connectivity index (χ2n) is 4.03. The third-order valence-corrected chi connectivity index (χ3v) is 2.74. The zero-order chi connectivity index (χ0) is 15.1. The van der Waals surface area contributed by atoms with Crippen LogP contribution in [0.15, 0.2) is 0 Å². The van der Waals surface area contributed by atoms with Crippen LogP contribution < -0.4 is 0 Å². The normalized spacial score (nSPS) is 13.8. The van der Waals surface area contributed by atoms with Gasteiger partial charge in [0.1, 0.15) is 5.60 Å². The molecule has 19 heavy (non-hydrogen) atoms. The number of ether oxygens (including phenoxy) is 3. The van der Waals surface area contributed by atoms with Crippen LogP contribution in [0.2, 0.25) is 0 Å². The van der Waals surface area contributed by atoms with Crippen molar-refractivity contribution in [3.8, 4) is 0 Å². The maximum Gasteiger partial charge on any atom is 0.323 e. The summed E-state index contributed by atoms with van der Waals surface area (Å²) in [7, 11) is 0. The van der Waals surface area contributed by atoms with Gasteiger partial charge in [0.15, 0.2) is 11.7 Å². The monoisotopic (exact) mass is 274 g/mol. The van der Waals surface area contributed by atoms with Crippen molar-refractivity contribution < 1.29 is 28.6 Å². The van der Waals surface area contributed by atoms with Gasteiger partial charge in [-0.15, -0.1) is 0 Å². The zero-order valence-corrected chi connectivity index (χ0v) is 12.1. The second kappa shape index (κ2) is 7.89. The summed E-state index contributed by atoms with van der Waals surface area (Å²) in [5.74, 6) is -3.47. The molecule has 0 radical (unpaired) electrons. The summed E-state index contributed by atoms with van der Waals surface area (Å²) in [6, 6.07) is 0. The third kappa shape index (κ3) is 4.31. The van der Waals surface area contributed by atoms with E-state index in [2.05, 4.69) is 0 Å². The van der Waals surface area contributed by atoms with Crippen LogP contribution in [0.25, 0.3) is 0 Å². The fourth-order valence-electron chi connectivity index (χ4n) is 1.69. The molecule has 6 heteroatoms. The molecule has 6 nitrogen and oxygen atoms in total. The molecular weight excluding hydrogens is 252 g/mol. The van der Waals surface area contributed by atoms with Gasteiger partial charge in [0.05, 0.1) is 13.2 Å². The van der Waals surface area contributed by atoms with E-state index in [0.717, 1.165) is 0 Å². The zero-order valence-electron chi connectivity index (χ0n) is 12.1. The standard InChI is InChI=1S/C13H22O6/c1-6-17-11(15)10(12(16)18-7-2)13(5,9(4)14)19-8-3/h10H,6-8H2,1-5H3. The second-order valence-corrected chi connectivity index (χ2v) is 4.03. The third-order valence-electron chi connectivity index (χ3n) is 2.74. The number of rotatable bonds is 8. The largest absolute Gasteiger partial charge is 0.465 e. The van der Waals surface area contributed by atoms with Crippen LogP contribution in [-0.4, -0.2) is 43.1 Å². The molecule has 0 aromatic carbocycles. The van der Waals surface area contributed by atoms with Gasteiger partial charge in [0.2, 0.25) is 0 Å². The Bertz CT molecular complexity index is 320. The lowest BCUT2D eigenvalue weighted by Gasteiger charge is -2.31. The Kier molecular flexibility index (Phi) is 7.29. The van der Waals surface area contributed by atoms with Gasteiger partial charge in [-0.3, -0.25) is 14.4 Å². The van der Waals surface area contributed by atoms with E-state index in [0.29, 0.717) is 0 Å². The molecule has 0 spiro atoms. The van der Waals surface area contributed by atoms with Gasteiger partial charge in [-0.2, -0.15) is 0 Å². The first-order valence-corrected chi connectivity index (χ1v) is 6.33. The summed E-state index contributed by atoms with van der Waals surface area (Å²) >= 11 is 0. The Morgan fingerprint density at radius 1 is 0.947 bits per heavy atom. The van der Waals surface area contributed by atoms with Gasteiger partial charge in [0, 0.05) is 6.61 Å². The summed E-state index contributed by atoms with van der Waals surface area (Å²) in [5, 5.41) is 0. The van der Waals surface area contributed by atoms with Crippen LogP contribution in [0.1, 0.15) is 34.6 Å². The lowest BCUT2D eigenvalue weighted by molar-refractivity contribution is -0.182. The molecule has 0 heterocycles. The van der Waals surface area contributed by atoms with Crippen LogP contribution in [-0.2, 0) is 28.6 Å². The van der Waals surface area contributed by atoms with Crippen molar-refractivity contribution >= 4 is 17.7 Å². The molecule has 0 aromatic rings. The molecule has 0 saturated carbocycles. The topological polar surface area (TPSA) is 78.9 Å². The molecule has 0 rings (SSSR count). The molecule has 1 unspecified atom stereocenters. The molecule has 0 N–H and O–H groups in total. The van der Waals surface area contributed by atoms with Gasteiger partial charge in [-0.1, -0.05) is 0 Å². The van der Waals surface area contributed by atoms with Gasteiger partial charge in [-0.05, 0) is 34.6 Å². The Balaban J connectivity index is 5.45. The maximum absolute atomic E-state index is 11.9. The predicted octanol–water partition coefficient (Wildman–Crippen LogP) is 1.11. The molecule has 0 aliphatic carbocycles. The molecule has 0 fully saturated rings. The van der Waals surface area contributed by atoms with Crippen molar-refractivity contribution in [2.75, 3.05) is 19.8 Å². The molecule has 1 atom stereocenters. The van der Waals surface area contributed by atoms with Crippen molar-refractivity contribution in [1.82, 2.24) is 0 Å². The molecule has 0 aliphatic heterocycles. The van der Waals surface area contributed by atoms with Crippen molar-refractivity contribution in [2.24, 2.45) is 5.92 Å². The summed E-state index contributed by atoms with van der Waals surface area (Å²) in [6.07, 6.45) is 0. The summed E-state index contributed by atoms with van der Waals surface area (Å²) in [6.45, 7) is 7.97. The number of hydrogen-bond acceptors (Lipinski definition) is 6. The van der Waals surface area contributed by atoms with Crippen LogP contribution >= 0.6 is 0 Å². The smallest absolute Gasteiger partial charge is 0.323 e. The molecular formula is C13H22O6. The van der Waals surface area contributed by atoms with E-state index in [4.69, 9.17) is 14.2 Å². The fraction of sp³-hybridized carbons (Fsp3) is 0.769. The van der Waals surface area contributed by atoms with Crippen LogP contribution in [0.5, 0.6) is 0 Å². The van der Waals surface area contributed by atoms with E-state index < -0.39 is 29.2 Å². The Morgan fingerprint density at radius 3 is 1.63 bits per heavy atom. The quantitative estimate of drug-likeness (QED) is 0.487. The van der Waals surface area contributed by atoms with Crippen LogP contribution in [0.4, 0.5) is 0 Å². The minimum Gasteiger partial charge on any atom is -0.465 e. The first-order valence-electron chi connectivity index (χ1n) is 6.33. The Morgan fingerprint density at radius 2 is 1.37 bits per heavy atom. The highest BCUT2D eigenvalue weighted by Crippen LogP contribution is 2.26. The highest BCUT2D eigenvalue weighted by molar-refractivity contribution is 6.03. The SMILES string of the molecule is CCOC(=O)C(C(=O)OCC)C(C)(OCC)C(C)=O. The number of carbonyl (C=O) groups excluding carboxylic acids is 3. The highest BCUT2D eigenvalue weighted by Gasteiger charge is 2.50. The van der Waals surface area contributed by atoms with E-state index in [1.54, 1.807) is 20.8 Å². The van der Waals surface area contributed by atoms with Gasteiger partial charge < -0.3 is 14.2 Å². The van der Waals surface area contributed by atoms with E-state index in [9.17, 15) is 14.4 Å². The van der Waals surface area contributed by atoms with Crippen molar-refractivity contribution in [3.63, 3.8) is 0 Å². The molecule has 0 amide bonds. The van der Waals surface area contributed by atoms with Gasteiger partial charge in [0.25, 0.3) is 0 Å². The lowest BCUT2D eigenvalue weighted by Crippen LogP contribution is -2.52. The average Bonchev–Trinajstić information content (AvgIpc) is 2.29. The maximum atomic E-state index is 11.9. The van der Waals surface area contributed by atoms with Crippen LogP contribution in [0, 0.1) is 5.92 Å². The summed E-state index contributed by atoms with van der Waals surface area (Å²) < 4.78 is 15.0. The first-order chi connectivity index (χ1) is 8.84. The van der Waals surface area contributed by atoms with E-state index in [1.807, 2.05) is 0 Å². The van der Waals surface area contributed by atoms with Crippen molar-refractivity contribution in [2.45, 2.75) is 40.2 Å². The number of hydrogen-bond donors (Lipinski definition) is 0. The van der Waals surface area contributed by atoms with E-state index in [1.165, 1.54) is 13.8 Å². The van der Waals surface area contributed by atoms with E-state index in [-0.39, 0.29) is 19.8 Å². The minimum atomic E-state index is -1.58. The highest BCUT2D eigenvalue weighted by atomic mass is 16.6. The Hall–Kier alpha value is -1.43. The predicted molar refractivity (Wildman–Crippen MR) is 67.5 cm³/mol. The number of ketones is 1.